The predicted octanol–water partition coefficient (Wildman–Crippen LogP) is 2.91. The Bertz CT molecular complexity index is 736. The van der Waals surface area contributed by atoms with Gasteiger partial charge in [-0.25, -0.2) is 0 Å². The van der Waals surface area contributed by atoms with E-state index in [1.807, 2.05) is 42.5 Å². The second-order valence-corrected chi connectivity index (χ2v) is 7.01. The fourth-order valence-electron chi connectivity index (χ4n) is 2.48. The molecule has 0 spiro atoms. The molecule has 0 fully saturated rings. The molecule has 0 aromatic heterocycles. The van der Waals surface area contributed by atoms with Crippen LogP contribution in [0.1, 0.15) is 36.7 Å². The molecular formula is C21H26N2O3. The highest BCUT2D eigenvalue weighted by molar-refractivity contribution is 5.94. The van der Waals surface area contributed by atoms with E-state index in [-0.39, 0.29) is 23.8 Å². The average Bonchev–Trinajstić information content (AvgIpc) is 2.63. The summed E-state index contributed by atoms with van der Waals surface area (Å²) in [6.45, 7) is 6.96. The number of amides is 2. The van der Waals surface area contributed by atoms with Gasteiger partial charge in [-0.1, -0.05) is 57.2 Å². The number of carbonyl (C=O) groups excluding carboxylic acids is 2. The van der Waals surface area contributed by atoms with E-state index in [1.165, 1.54) is 0 Å². The Kier molecular flexibility index (Phi) is 6.78. The first-order valence-electron chi connectivity index (χ1n) is 8.70. The third kappa shape index (κ3) is 5.92. The highest BCUT2D eigenvalue weighted by Gasteiger charge is 2.18. The quantitative estimate of drug-likeness (QED) is 0.751. The monoisotopic (exact) mass is 354 g/mol. The maximum atomic E-state index is 11.9. The Morgan fingerprint density at radius 2 is 1.50 bits per heavy atom. The van der Waals surface area contributed by atoms with E-state index in [4.69, 9.17) is 4.74 Å². The predicted molar refractivity (Wildman–Crippen MR) is 102 cm³/mol. The summed E-state index contributed by atoms with van der Waals surface area (Å²) in [5.74, 6) is 0.338. The van der Waals surface area contributed by atoms with Crippen molar-refractivity contribution in [3.05, 3.63) is 65.7 Å². The summed E-state index contributed by atoms with van der Waals surface area (Å²) < 4.78 is 5.67. The van der Waals surface area contributed by atoms with E-state index < -0.39 is 0 Å². The lowest BCUT2D eigenvalue weighted by Crippen LogP contribution is -2.36. The van der Waals surface area contributed by atoms with Gasteiger partial charge in [0, 0.05) is 18.7 Å². The second kappa shape index (κ2) is 9.04. The second-order valence-electron chi connectivity index (χ2n) is 7.01. The minimum absolute atomic E-state index is 0.0558. The summed E-state index contributed by atoms with van der Waals surface area (Å²) in [5, 5.41) is 5.50. The number of nitrogens with one attached hydrogen (secondary N) is 2. The number of benzene rings is 2. The van der Waals surface area contributed by atoms with Crippen LogP contribution in [0.5, 0.6) is 5.75 Å². The highest BCUT2D eigenvalue weighted by atomic mass is 16.5. The van der Waals surface area contributed by atoms with Crippen molar-refractivity contribution < 1.29 is 14.3 Å². The van der Waals surface area contributed by atoms with Crippen molar-refractivity contribution >= 4 is 11.8 Å². The van der Waals surface area contributed by atoms with Gasteiger partial charge in [-0.15, -0.1) is 0 Å². The molecule has 26 heavy (non-hydrogen) atoms. The van der Waals surface area contributed by atoms with Gasteiger partial charge in [0.1, 0.15) is 5.75 Å². The Hall–Kier alpha value is -2.82. The Balaban J connectivity index is 1.72. The topological polar surface area (TPSA) is 67.4 Å². The van der Waals surface area contributed by atoms with Gasteiger partial charge in [0.25, 0.3) is 11.8 Å². The number of hydrogen-bond donors (Lipinski definition) is 2. The summed E-state index contributed by atoms with van der Waals surface area (Å²) in [7, 11) is 0. The van der Waals surface area contributed by atoms with Gasteiger partial charge in [-0.05, 0) is 29.2 Å². The Morgan fingerprint density at radius 1 is 0.885 bits per heavy atom. The zero-order chi connectivity index (χ0) is 19.0. The number of rotatable bonds is 7. The van der Waals surface area contributed by atoms with Crippen LogP contribution in [-0.4, -0.2) is 31.5 Å². The highest BCUT2D eigenvalue weighted by Crippen LogP contribution is 2.30. The fraction of sp³-hybridized carbons (Fsp3) is 0.333. The number of ether oxygens (including phenoxy) is 1. The zero-order valence-corrected chi connectivity index (χ0v) is 15.5. The van der Waals surface area contributed by atoms with Gasteiger partial charge in [0.15, 0.2) is 6.61 Å². The van der Waals surface area contributed by atoms with Crippen molar-refractivity contribution in [2.75, 3.05) is 19.7 Å². The van der Waals surface area contributed by atoms with Crippen molar-refractivity contribution in [2.24, 2.45) is 0 Å². The molecule has 5 heteroatoms. The molecule has 0 aliphatic rings. The molecule has 0 bridgehead atoms. The fourth-order valence-corrected chi connectivity index (χ4v) is 2.48. The molecule has 0 atom stereocenters. The van der Waals surface area contributed by atoms with Crippen molar-refractivity contribution in [1.82, 2.24) is 10.6 Å². The molecule has 0 radical (unpaired) electrons. The summed E-state index contributed by atoms with van der Waals surface area (Å²) in [5.41, 5.74) is 1.60. The van der Waals surface area contributed by atoms with Gasteiger partial charge in [0.2, 0.25) is 0 Å². The Labute approximate surface area is 154 Å². The lowest BCUT2D eigenvalue weighted by Gasteiger charge is -2.22. The molecule has 2 N–H and O–H groups in total. The zero-order valence-electron chi connectivity index (χ0n) is 15.5. The van der Waals surface area contributed by atoms with Crippen LogP contribution in [0.3, 0.4) is 0 Å². The minimum atomic E-state index is -0.220. The van der Waals surface area contributed by atoms with Crippen LogP contribution in [0.4, 0.5) is 0 Å². The largest absolute Gasteiger partial charge is 0.483 e. The van der Waals surface area contributed by atoms with E-state index in [9.17, 15) is 9.59 Å². The van der Waals surface area contributed by atoms with Gasteiger partial charge < -0.3 is 15.4 Å². The van der Waals surface area contributed by atoms with Crippen LogP contribution in [0.25, 0.3) is 0 Å². The number of hydrogen-bond acceptors (Lipinski definition) is 3. The van der Waals surface area contributed by atoms with Crippen molar-refractivity contribution in [3.8, 4) is 5.75 Å². The summed E-state index contributed by atoms with van der Waals surface area (Å²) in [6.07, 6.45) is 0. The van der Waals surface area contributed by atoms with Gasteiger partial charge in [0.05, 0.1) is 0 Å². The molecule has 2 amide bonds. The van der Waals surface area contributed by atoms with E-state index in [1.54, 1.807) is 12.1 Å². The van der Waals surface area contributed by atoms with E-state index in [0.717, 1.165) is 5.56 Å². The number of para-hydroxylation sites is 1. The third-order valence-corrected chi connectivity index (χ3v) is 3.82. The molecular weight excluding hydrogens is 328 g/mol. The van der Waals surface area contributed by atoms with E-state index in [0.29, 0.717) is 24.4 Å². The van der Waals surface area contributed by atoms with Crippen LogP contribution in [0.2, 0.25) is 0 Å². The van der Waals surface area contributed by atoms with Crippen molar-refractivity contribution in [2.45, 2.75) is 26.2 Å². The first kappa shape index (κ1) is 19.5. The molecule has 0 saturated heterocycles. The molecule has 0 aliphatic heterocycles. The third-order valence-electron chi connectivity index (χ3n) is 3.82. The molecule has 2 aromatic rings. The maximum Gasteiger partial charge on any atom is 0.258 e. The van der Waals surface area contributed by atoms with Crippen LogP contribution in [-0.2, 0) is 10.2 Å². The van der Waals surface area contributed by atoms with Crippen LogP contribution < -0.4 is 15.4 Å². The van der Waals surface area contributed by atoms with E-state index in [2.05, 4.69) is 31.4 Å². The summed E-state index contributed by atoms with van der Waals surface area (Å²) in [6, 6.07) is 16.7. The molecule has 2 aromatic carbocycles. The van der Waals surface area contributed by atoms with Gasteiger partial charge in [-0.2, -0.15) is 0 Å². The minimum Gasteiger partial charge on any atom is -0.483 e. The molecule has 138 valence electrons. The molecule has 0 aliphatic carbocycles. The first-order valence-corrected chi connectivity index (χ1v) is 8.70. The van der Waals surface area contributed by atoms with Crippen LogP contribution >= 0.6 is 0 Å². The molecule has 5 nitrogen and oxygen atoms in total. The average molecular weight is 354 g/mol. The van der Waals surface area contributed by atoms with Crippen LogP contribution in [0, 0.1) is 0 Å². The van der Waals surface area contributed by atoms with Gasteiger partial charge in [-0.3, -0.25) is 9.59 Å². The normalized spacial score (nSPS) is 10.9. The smallest absolute Gasteiger partial charge is 0.258 e. The maximum absolute atomic E-state index is 11.9. The standard InChI is InChI=1S/C21H26N2O3/c1-21(2,3)17-11-7-8-12-18(17)26-15-19(24)22-13-14-23-20(25)16-9-5-4-6-10-16/h4-12H,13-15H2,1-3H3,(H,22,24)(H,23,25). The lowest BCUT2D eigenvalue weighted by atomic mass is 9.86. The SMILES string of the molecule is CC(C)(C)c1ccccc1OCC(=O)NCCNC(=O)c1ccccc1. The molecule has 0 saturated carbocycles. The first-order chi connectivity index (χ1) is 12.4. The number of carbonyl (C=O) groups is 2. The van der Waals surface area contributed by atoms with Crippen LogP contribution in [0.15, 0.2) is 54.6 Å². The Morgan fingerprint density at radius 3 is 2.19 bits per heavy atom. The molecule has 0 heterocycles. The molecule has 2 rings (SSSR count). The van der Waals surface area contributed by atoms with Gasteiger partial charge >= 0.3 is 0 Å². The summed E-state index contributed by atoms with van der Waals surface area (Å²) in [4.78, 5) is 23.8. The lowest BCUT2D eigenvalue weighted by molar-refractivity contribution is -0.123. The van der Waals surface area contributed by atoms with Crippen molar-refractivity contribution in [3.63, 3.8) is 0 Å². The molecule has 0 unspecified atom stereocenters. The van der Waals surface area contributed by atoms with Crippen molar-refractivity contribution in [1.29, 1.82) is 0 Å². The summed E-state index contributed by atoms with van der Waals surface area (Å²) >= 11 is 0. The van der Waals surface area contributed by atoms with E-state index >= 15 is 0 Å².